The summed E-state index contributed by atoms with van der Waals surface area (Å²) in [7, 11) is 0. The van der Waals surface area contributed by atoms with Crippen molar-refractivity contribution in [3.05, 3.63) is 60.2 Å². The minimum atomic E-state index is -2.08. The van der Waals surface area contributed by atoms with Crippen molar-refractivity contribution in [2.24, 2.45) is 0 Å². The first-order chi connectivity index (χ1) is 15.1. The smallest absolute Gasteiger partial charge is 0.230 e. The summed E-state index contributed by atoms with van der Waals surface area (Å²) in [5, 5.41) is 3.11. The van der Waals surface area contributed by atoms with Gasteiger partial charge < -0.3 is 14.6 Å². The predicted octanol–water partition coefficient (Wildman–Crippen LogP) is 4.16. The minimum Gasteiger partial charge on any atom is -0.772 e. The van der Waals surface area contributed by atoms with Gasteiger partial charge in [0.15, 0.2) is 5.82 Å². The number of rotatable bonds is 8. The zero-order valence-electron chi connectivity index (χ0n) is 16.8. The summed E-state index contributed by atoms with van der Waals surface area (Å²) in [5.41, 5.74) is 2.22. The summed E-state index contributed by atoms with van der Waals surface area (Å²) in [6.45, 7) is 0. The van der Waals surface area contributed by atoms with Crippen LogP contribution in [-0.4, -0.2) is 35.6 Å². The number of aromatic nitrogens is 3. The van der Waals surface area contributed by atoms with Gasteiger partial charge in [-0.25, -0.2) is 14.4 Å². The molecule has 1 atom stereocenters. The molecule has 1 aliphatic carbocycles. The standard InChI is InChI=1S/C22H23FN4O3S/c23-16-8-9-19(20(13-16)30-18-6-1-2-7-18)21-24-14-25-22(27-21)26-17-5-3-4-15(12-17)10-11-31(28)29/h3-5,8-9,12-14,18H,1-2,6-7,10-11H2,(H,28,29)(H,24,25,26,27)/p-1. The first-order valence-corrected chi connectivity index (χ1v) is 11.4. The highest BCUT2D eigenvalue weighted by molar-refractivity contribution is 7.79. The molecule has 2 aromatic carbocycles. The third-order valence-corrected chi connectivity index (χ3v) is 5.63. The second-order valence-corrected chi connectivity index (χ2v) is 8.40. The van der Waals surface area contributed by atoms with E-state index in [0.717, 1.165) is 36.9 Å². The lowest BCUT2D eigenvalue weighted by molar-refractivity contribution is 0.210. The van der Waals surface area contributed by atoms with E-state index in [-0.39, 0.29) is 17.7 Å². The first kappa shape index (κ1) is 21.3. The zero-order valence-corrected chi connectivity index (χ0v) is 17.6. The van der Waals surface area contributed by atoms with E-state index >= 15 is 0 Å². The van der Waals surface area contributed by atoms with Crippen molar-refractivity contribution >= 4 is 22.7 Å². The molecule has 1 aromatic heterocycles. The molecule has 162 valence electrons. The zero-order chi connectivity index (χ0) is 21.6. The highest BCUT2D eigenvalue weighted by Gasteiger charge is 2.20. The van der Waals surface area contributed by atoms with E-state index in [1.165, 1.54) is 18.5 Å². The van der Waals surface area contributed by atoms with E-state index in [2.05, 4.69) is 20.3 Å². The highest BCUT2D eigenvalue weighted by Crippen LogP contribution is 2.32. The lowest BCUT2D eigenvalue weighted by atomic mass is 10.1. The molecule has 1 aliphatic rings. The fourth-order valence-electron chi connectivity index (χ4n) is 3.59. The fraction of sp³-hybridized carbons (Fsp3) is 0.318. The Morgan fingerprint density at radius 2 is 2.00 bits per heavy atom. The highest BCUT2D eigenvalue weighted by atomic mass is 32.2. The van der Waals surface area contributed by atoms with E-state index in [1.54, 1.807) is 6.07 Å². The molecule has 9 heteroatoms. The Hall–Kier alpha value is -2.91. The fourth-order valence-corrected chi connectivity index (χ4v) is 3.99. The molecule has 1 fully saturated rings. The van der Waals surface area contributed by atoms with Crippen molar-refractivity contribution in [2.75, 3.05) is 11.1 Å². The van der Waals surface area contributed by atoms with Gasteiger partial charge in [0, 0.05) is 17.5 Å². The lowest BCUT2D eigenvalue weighted by Gasteiger charge is -2.16. The number of nitrogens with one attached hydrogen (secondary N) is 1. The number of ether oxygens (including phenoxy) is 1. The molecule has 1 heterocycles. The summed E-state index contributed by atoms with van der Waals surface area (Å²) >= 11 is -2.08. The third-order valence-electron chi connectivity index (χ3n) is 5.09. The van der Waals surface area contributed by atoms with Crippen LogP contribution in [0.25, 0.3) is 11.4 Å². The van der Waals surface area contributed by atoms with Crippen molar-refractivity contribution in [3.8, 4) is 17.1 Å². The summed E-state index contributed by atoms with van der Waals surface area (Å²) in [5.74, 6) is 0.818. The van der Waals surface area contributed by atoms with Gasteiger partial charge >= 0.3 is 0 Å². The number of benzene rings is 2. The largest absolute Gasteiger partial charge is 0.772 e. The van der Waals surface area contributed by atoms with Gasteiger partial charge in [-0.15, -0.1) is 0 Å². The molecule has 4 rings (SSSR count). The van der Waals surface area contributed by atoms with Crippen LogP contribution in [0.4, 0.5) is 16.0 Å². The van der Waals surface area contributed by atoms with E-state index in [9.17, 15) is 13.2 Å². The molecule has 0 saturated heterocycles. The van der Waals surface area contributed by atoms with E-state index in [1.807, 2.05) is 24.3 Å². The second kappa shape index (κ2) is 9.93. The van der Waals surface area contributed by atoms with Crippen molar-refractivity contribution in [1.82, 2.24) is 15.0 Å². The Morgan fingerprint density at radius 3 is 2.81 bits per heavy atom. The molecule has 31 heavy (non-hydrogen) atoms. The van der Waals surface area contributed by atoms with E-state index in [0.29, 0.717) is 29.5 Å². The molecule has 7 nitrogen and oxygen atoms in total. The maximum absolute atomic E-state index is 13.9. The van der Waals surface area contributed by atoms with Gasteiger partial charge in [-0.1, -0.05) is 23.2 Å². The summed E-state index contributed by atoms with van der Waals surface area (Å²) in [4.78, 5) is 12.9. The van der Waals surface area contributed by atoms with Gasteiger partial charge in [0.2, 0.25) is 5.95 Å². The first-order valence-electron chi connectivity index (χ1n) is 10.1. The van der Waals surface area contributed by atoms with Crippen LogP contribution in [0, 0.1) is 5.82 Å². The Balaban J connectivity index is 1.55. The van der Waals surface area contributed by atoms with Gasteiger partial charge in [0.1, 0.15) is 17.9 Å². The molecule has 1 N–H and O–H groups in total. The molecule has 0 aliphatic heterocycles. The van der Waals surface area contributed by atoms with Gasteiger partial charge in [-0.3, -0.25) is 4.21 Å². The number of hydrogen-bond acceptors (Lipinski definition) is 7. The lowest BCUT2D eigenvalue weighted by Crippen LogP contribution is -2.12. The maximum Gasteiger partial charge on any atom is 0.230 e. The average molecular weight is 442 g/mol. The number of halogens is 1. The molecule has 0 spiro atoms. The number of aryl methyl sites for hydroxylation is 1. The Morgan fingerprint density at radius 1 is 1.16 bits per heavy atom. The number of hydrogen-bond donors (Lipinski definition) is 1. The minimum absolute atomic E-state index is 0.0632. The van der Waals surface area contributed by atoms with Crippen molar-refractivity contribution in [2.45, 2.75) is 38.2 Å². The number of nitrogens with zero attached hydrogens (tertiary/aromatic N) is 3. The van der Waals surface area contributed by atoms with E-state index in [4.69, 9.17) is 4.74 Å². The van der Waals surface area contributed by atoms with Crippen LogP contribution in [-0.2, 0) is 17.5 Å². The second-order valence-electron chi connectivity index (χ2n) is 7.38. The van der Waals surface area contributed by atoms with Crippen LogP contribution >= 0.6 is 0 Å². The van der Waals surface area contributed by atoms with Crippen LogP contribution < -0.4 is 10.1 Å². The van der Waals surface area contributed by atoms with Crippen LogP contribution in [0.15, 0.2) is 48.8 Å². The monoisotopic (exact) mass is 441 g/mol. The Labute approximate surface area is 182 Å². The molecular formula is C22H22FN4O3S-. The topological polar surface area (TPSA) is 100 Å². The van der Waals surface area contributed by atoms with Gasteiger partial charge in [-0.2, -0.15) is 4.98 Å². The summed E-state index contributed by atoms with van der Waals surface area (Å²) in [6.07, 6.45) is 6.01. The molecule has 3 aromatic rings. The number of anilines is 2. The van der Waals surface area contributed by atoms with Crippen molar-refractivity contribution < 1.29 is 17.9 Å². The van der Waals surface area contributed by atoms with Crippen molar-refractivity contribution in [1.29, 1.82) is 0 Å². The molecule has 0 radical (unpaired) electrons. The van der Waals surface area contributed by atoms with Crippen LogP contribution in [0.2, 0.25) is 0 Å². The van der Waals surface area contributed by atoms with Gasteiger partial charge in [-0.05, 0) is 61.9 Å². The van der Waals surface area contributed by atoms with Crippen molar-refractivity contribution in [3.63, 3.8) is 0 Å². The predicted molar refractivity (Wildman–Crippen MR) is 115 cm³/mol. The molecule has 1 unspecified atom stereocenters. The molecule has 0 amide bonds. The van der Waals surface area contributed by atoms with Crippen LogP contribution in [0.3, 0.4) is 0 Å². The Bertz CT molecular complexity index is 1080. The van der Waals surface area contributed by atoms with E-state index < -0.39 is 11.1 Å². The maximum atomic E-state index is 13.9. The molecule has 0 bridgehead atoms. The van der Waals surface area contributed by atoms with Gasteiger partial charge in [0.25, 0.3) is 0 Å². The summed E-state index contributed by atoms with van der Waals surface area (Å²) in [6, 6.07) is 11.7. The SMILES string of the molecule is O=S([O-])CCc1cccc(Nc2ncnc(-c3ccc(F)cc3OC3CCCC3)n2)c1. The molecular weight excluding hydrogens is 419 g/mol. The summed E-state index contributed by atoms with van der Waals surface area (Å²) < 4.78 is 41.5. The normalized spacial score (nSPS) is 15.0. The van der Waals surface area contributed by atoms with Gasteiger partial charge in [0.05, 0.1) is 11.7 Å². The van der Waals surface area contributed by atoms with Crippen LogP contribution in [0.5, 0.6) is 5.75 Å². The third kappa shape index (κ3) is 5.83. The quantitative estimate of drug-likeness (QED) is 0.524. The molecule has 1 saturated carbocycles. The Kier molecular flexibility index (Phi) is 6.83. The van der Waals surface area contributed by atoms with Crippen LogP contribution in [0.1, 0.15) is 31.2 Å². The average Bonchev–Trinajstić information content (AvgIpc) is 3.26.